The molecule has 1 heterocycles. The first-order chi connectivity index (χ1) is 8.58. The van der Waals surface area contributed by atoms with E-state index in [1.807, 2.05) is 0 Å². The molecule has 92 valence electrons. The summed E-state index contributed by atoms with van der Waals surface area (Å²) in [6.45, 7) is 0. The molecule has 1 aromatic heterocycles. The molecule has 0 amide bonds. The number of halogens is 3. The molecule has 0 spiro atoms. The lowest BCUT2D eigenvalue weighted by atomic mass is 10.1. The zero-order chi connectivity index (χ0) is 13.1. The van der Waals surface area contributed by atoms with Crippen LogP contribution in [0.1, 0.15) is 16.1 Å². The summed E-state index contributed by atoms with van der Waals surface area (Å²) in [5.41, 5.74) is -0.0481. The number of aromatic nitrogens is 1. The van der Waals surface area contributed by atoms with Gasteiger partial charge in [-0.2, -0.15) is 0 Å². The van der Waals surface area contributed by atoms with E-state index in [0.717, 1.165) is 16.6 Å². The molecule has 0 N–H and O–H groups in total. The molecule has 0 saturated heterocycles. The molecule has 18 heavy (non-hydrogen) atoms. The Morgan fingerprint density at radius 2 is 1.83 bits per heavy atom. The van der Waals surface area contributed by atoms with Crippen molar-refractivity contribution in [2.75, 3.05) is 0 Å². The third-order valence-electron chi connectivity index (χ3n) is 2.41. The largest absolute Gasteiger partial charge is 0.292 e. The summed E-state index contributed by atoms with van der Waals surface area (Å²) in [6.07, 6.45) is 1.12. The molecule has 0 aliphatic heterocycles. The highest BCUT2D eigenvalue weighted by molar-refractivity contribution is 9.10. The van der Waals surface area contributed by atoms with Crippen LogP contribution in [0.25, 0.3) is 0 Å². The highest BCUT2D eigenvalue weighted by Gasteiger charge is 2.15. The molecule has 2 rings (SSSR count). The SMILES string of the molecule is O=C(Cc1c(F)cccc1F)c1ccc(Br)cn1. The van der Waals surface area contributed by atoms with Gasteiger partial charge < -0.3 is 0 Å². The molecule has 0 aliphatic rings. The lowest BCUT2D eigenvalue weighted by Gasteiger charge is -2.04. The second-order valence-electron chi connectivity index (χ2n) is 3.66. The fraction of sp³-hybridized carbons (Fsp3) is 0.0769. The minimum absolute atomic E-state index is 0.181. The number of pyridine rings is 1. The van der Waals surface area contributed by atoms with Crippen LogP contribution in [0.4, 0.5) is 8.78 Å². The maximum absolute atomic E-state index is 13.4. The van der Waals surface area contributed by atoms with Crippen LogP contribution in [-0.4, -0.2) is 10.8 Å². The van der Waals surface area contributed by atoms with E-state index in [4.69, 9.17) is 0 Å². The first-order valence-corrected chi connectivity index (χ1v) is 5.95. The van der Waals surface area contributed by atoms with Crippen molar-refractivity contribution < 1.29 is 13.6 Å². The Balaban J connectivity index is 2.24. The molecule has 0 fully saturated rings. The monoisotopic (exact) mass is 311 g/mol. The van der Waals surface area contributed by atoms with Crippen LogP contribution >= 0.6 is 15.9 Å². The minimum atomic E-state index is -0.722. The fourth-order valence-corrected chi connectivity index (χ4v) is 1.73. The summed E-state index contributed by atoms with van der Waals surface area (Å²) in [7, 11) is 0. The van der Waals surface area contributed by atoms with Gasteiger partial charge in [0.15, 0.2) is 5.78 Å². The van der Waals surface area contributed by atoms with E-state index in [9.17, 15) is 13.6 Å². The van der Waals surface area contributed by atoms with E-state index in [1.54, 1.807) is 6.07 Å². The van der Waals surface area contributed by atoms with Crippen LogP contribution in [0.15, 0.2) is 41.0 Å². The van der Waals surface area contributed by atoms with Crippen LogP contribution in [0.3, 0.4) is 0 Å². The number of benzene rings is 1. The first-order valence-electron chi connectivity index (χ1n) is 5.15. The van der Waals surface area contributed by atoms with E-state index in [1.165, 1.54) is 18.3 Å². The summed E-state index contributed by atoms with van der Waals surface area (Å²) < 4.78 is 27.5. The van der Waals surface area contributed by atoms with Crippen molar-refractivity contribution in [3.8, 4) is 0 Å². The van der Waals surface area contributed by atoms with E-state index in [2.05, 4.69) is 20.9 Å². The molecule has 1 aromatic carbocycles. The van der Waals surface area contributed by atoms with Crippen molar-refractivity contribution in [2.24, 2.45) is 0 Å². The molecule has 2 nitrogen and oxygen atoms in total. The number of Topliss-reactive ketones (excluding diaryl/α,β-unsaturated/α-hetero) is 1. The number of hydrogen-bond acceptors (Lipinski definition) is 2. The molecule has 5 heteroatoms. The molecule has 0 radical (unpaired) electrons. The van der Waals surface area contributed by atoms with Gasteiger partial charge in [-0.3, -0.25) is 9.78 Å². The Hall–Kier alpha value is -1.62. The predicted octanol–water partition coefficient (Wildman–Crippen LogP) is 3.55. The Kier molecular flexibility index (Phi) is 3.81. The van der Waals surface area contributed by atoms with Crippen LogP contribution < -0.4 is 0 Å². The maximum atomic E-state index is 13.4. The third kappa shape index (κ3) is 2.79. The molecular formula is C13H8BrF2NO. The maximum Gasteiger partial charge on any atom is 0.185 e. The Labute approximate surface area is 111 Å². The number of carbonyl (C=O) groups is 1. The van der Waals surface area contributed by atoms with Gasteiger partial charge in [0.1, 0.15) is 17.3 Å². The van der Waals surface area contributed by atoms with E-state index < -0.39 is 17.4 Å². The van der Waals surface area contributed by atoms with Crippen LogP contribution in [0.2, 0.25) is 0 Å². The zero-order valence-electron chi connectivity index (χ0n) is 9.16. The van der Waals surface area contributed by atoms with E-state index in [0.29, 0.717) is 0 Å². The van der Waals surface area contributed by atoms with Gasteiger partial charge in [-0.05, 0) is 40.2 Å². The lowest BCUT2D eigenvalue weighted by molar-refractivity contribution is 0.0986. The number of hydrogen-bond donors (Lipinski definition) is 0. The summed E-state index contributed by atoms with van der Waals surface area (Å²) >= 11 is 3.19. The van der Waals surface area contributed by atoms with Gasteiger partial charge in [0.25, 0.3) is 0 Å². The van der Waals surface area contributed by atoms with Crippen molar-refractivity contribution in [1.29, 1.82) is 0 Å². The molecule has 0 atom stereocenters. The summed E-state index contributed by atoms with van der Waals surface area (Å²) in [6, 6.07) is 6.67. The molecule has 0 unspecified atom stereocenters. The van der Waals surface area contributed by atoms with Crippen molar-refractivity contribution in [2.45, 2.75) is 6.42 Å². The van der Waals surface area contributed by atoms with Crippen LogP contribution in [-0.2, 0) is 6.42 Å². The van der Waals surface area contributed by atoms with E-state index in [-0.39, 0.29) is 17.7 Å². The van der Waals surface area contributed by atoms with Crippen molar-refractivity contribution in [1.82, 2.24) is 4.98 Å². The van der Waals surface area contributed by atoms with Gasteiger partial charge >= 0.3 is 0 Å². The molecule has 2 aromatic rings. The molecule has 0 aliphatic carbocycles. The minimum Gasteiger partial charge on any atom is -0.292 e. The van der Waals surface area contributed by atoms with Crippen LogP contribution in [0.5, 0.6) is 0 Å². The van der Waals surface area contributed by atoms with Gasteiger partial charge in [-0.25, -0.2) is 8.78 Å². The Bertz CT molecular complexity index is 564. The smallest absolute Gasteiger partial charge is 0.185 e. The number of rotatable bonds is 3. The van der Waals surface area contributed by atoms with Crippen LogP contribution in [0, 0.1) is 11.6 Å². The van der Waals surface area contributed by atoms with Crippen molar-refractivity contribution in [3.63, 3.8) is 0 Å². The topological polar surface area (TPSA) is 30.0 Å². The summed E-state index contributed by atoms with van der Waals surface area (Å²) in [4.78, 5) is 15.7. The zero-order valence-corrected chi connectivity index (χ0v) is 10.7. The lowest BCUT2D eigenvalue weighted by Crippen LogP contribution is -2.08. The highest BCUT2D eigenvalue weighted by atomic mass is 79.9. The van der Waals surface area contributed by atoms with Crippen molar-refractivity contribution in [3.05, 3.63) is 63.9 Å². The van der Waals surface area contributed by atoms with Gasteiger partial charge in [-0.15, -0.1) is 0 Å². The second-order valence-corrected chi connectivity index (χ2v) is 4.58. The number of carbonyl (C=O) groups excluding carboxylic acids is 1. The quantitative estimate of drug-likeness (QED) is 0.811. The predicted molar refractivity (Wildman–Crippen MR) is 66.3 cm³/mol. The fourth-order valence-electron chi connectivity index (χ4n) is 1.49. The summed E-state index contributed by atoms with van der Waals surface area (Å²) in [5.74, 6) is -1.87. The Morgan fingerprint density at radius 3 is 2.39 bits per heavy atom. The average molecular weight is 312 g/mol. The average Bonchev–Trinajstić information content (AvgIpc) is 2.34. The summed E-state index contributed by atoms with van der Waals surface area (Å²) in [5, 5.41) is 0. The third-order valence-corrected chi connectivity index (χ3v) is 2.88. The van der Waals surface area contributed by atoms with Gasteiger partial charge in [0, 0.05) is 22.7 Å². The number of ketones is 1. The second kappa shape index (κ2) is 5.35. The first kappa shape index (κ1) is 12.8. The van der Waals surface area contributed by atoms with Gasteiger partial charge in [-0.1, -0.05) is 6.07 Å². The van der Waals surface area contributed by atoms with Crippen molar-refractivity contribution >= 4 is 21.7 Å². The van der Waals surface area contributed by atoms with E-state index >= 15 is 0 Å². The highest BCUT2D eigenvalue weighted by Crippen LogP contribution is 2.15. The molecule has 0 saturated carbocycles. The standard InChI is InChI=1S/C13H8BrF2NO/c14-8-4-5-12(17-7-8)13(18)6-9-10(15)2-1-3-11(9)16/h1-5,7H,6H2. The molecular weight excluding hydrogens is 304 g/mol. The number of nitrogens with zero attached hydrogens (tertiary/aromatic N) is 1. The Morgan fingerprint density at radius 1 is 1.17 bits per heavy atom. The normalized spacial score (nSPS) is 10.4. The van der Waals surface area contributed by atoms with Gasteiger partial charge in [0.2, 0.25) is 0 Å². The molecule has 0 bridgehead atoms. The van der Waals surface area contributed by atoms with Gasteiger partial charge in [0.05, 0.1) is 0 Å².